The number of rotatable bonds is 3. The van der Waals surface area contributed by atoms with Crippen LogP contribution < -0.4 is 5.32 Å². The minimum absolute atomic E-state index is 0.104. The highest BCUT2D eigenvalue weighted by Crippen LogP contribution is 2.25. The highest BCUT2D eigenvalue weighted by atomic mass is 16.5. The molecule has 1 aliphatic carbocycles. The summed E-state index contributed by atoms with van der Waals surface area (Å²) < 4.78 is 5.32. The summed E-state index contributed by atoms with van der Waals surface area (Å²) in [5, 5.41) is 12.6. The van der Waals surface area contributed by atoms with E-state index in [2.05, 4.69) is 5.32 Å². The number of ether oxygens (including phenoxy) is 1. The molecule has 4 nitrogen and oxygen atoms in total. The fraction of sp³-hybridized carbons (Fsp3) is 0.917. The molecule has 92 valence electrons. The monoisotopic (exact) mass is 227 g/mol. The van der Waals surface area contributed by atoms with Crippen LogP contribution in [-0.2, 0) is 9.53 Å². The molecule has 1 aliphatic heterocycles. The highest BCUT2D eigenvalue weighted by molar-refractivity contribution is 5.70. The molecule has 0 aromatic heterocycles. The molecule has 0 amide bonds. The van der Waals surface area contributed by atoms with Crippen LogP contribution in [0.4, 0.5) is 0 Å². The molecule has 2 N–H and O–H groups in total. The van der Waals surface area contributed by atoms with Gasteiger partial charge in [0.15, 0.2) is 0 Å². The first kappa shape index (κ1) is 11.9. The molecule has 2 aliphatic rings. The molecule has 2 fully saturated rings. The Morgan fingerprint density at radius 2 is 1.56 bits per heavy atom. The zero-order valence-electron chi connectivity index (χ0n) is 9.65. The van der Waals surface area contributed by atoms with Crippen molar-refractivity contribution in [3.05, 3.63) is 0 Å². The molecule has 1 saturated carbocycles. The SMILES string of the molecule is O=C(O)C1CCC(NC2CCOCC2)CC1. The first-order chi connectivity index (χ1) is 7.75. The molecule has 0 atom stereocenters. The third-order valence-electron chi connectivity index (χ3n) is 3.77. The number of hydrogen-bond donors (Lipinski definition) is 2. The lowest BCUT2D eigenvalue weighted by molar-refractivity contribution is -0.142. The molecule has 4 heteroatoms. The second-order valence-electron chi connectivity index (χ2n) is 4.94. The molecule has 0 unspecified atom stereocenters. The van der Waals surface area contributed by atoms with Crippen molar-refractivity contribution >= 4 is 5.97 Å². The maximum Gasteiger partial charge on any atom is 0.306 e. The first-order valence-corrected chi connectivity index (χ1v) is 6.32. The average molecular weight is 227 g/mol. The van der Waals surface area contributed by atoms with E-state index in [0.717, 1.165) is 51.7 Å². The molecule has 2 rings (SSSR count). The van der Waals surface area contributed by atoms with Crippen molar-refractivity contribution in [3.8, 4) is 0 Å². The first-order valence-electron chi connectivity index (χ1n) is 6.32. The van der Waals surface area contributed by atoms with Crippen LogP contribution in [0.1, 0.15) is 38.5 Å². The van der Waals surface area contributed by atoms with Crippen LogP contribution >= 0.6 is 0 Å². The van der Waals surface area contributed by atoms with Gasteiger partial charge in [0.25, 0.3) is 0 Å². The predicted molar refractivity (Wildman–Crippen MR) is 60.4 cm³/mol. The number of nitrogens with one attached hydrogen (secondary N) is 1. The van der Waals surface area contributed by atoms with Crippen LogP contribution in [0.25, 0.3) is 0 Å². The lowest BCUT2D eigenvalue weighted by Gasteiger charge is -2.32. The van der Waals surface area contributed by atoms with E-state index in [9.17, 15) is 4.79 Å². The number of carboxylic acid groups (broad SMARTS) is 1. The van der Waals surface area contributed by atoms with E-state index in [4.69, 9.17) is 9.84 Å². The van der Waals surface area contributed by atoms with Gasteiger partial charge in [-0.25, -0.2) is 0 Å². The van der Waals surface area contributed by atoms with Crippen molar-refractivity contribution in [2.24, 2.45) is 5.92 Å². The fourth-order valence-corrected chi connectivity index (χ4v) is 2.70. The largest absolute Gasteiger partial charge is 0.481 e. The molecule has 0 aromatic rings. The Balaban J connectivity index is 1.70. The van der Waals surface area contributed by atoms with Gasteiger partial charge in [0.2, 0.25) is 0 Å². The van der Waals surface area contributed by atoms with Crippen LogP contribution in [-0.4, -0.2) is 36.4 Å². The number of carboxylic acids is 1. The van der Waals surface area contributed by atoms with Crippen molar-refractivity contribution in [2.75, 3.05) is 13.2 Å². The van der Waals surface area contributed by atoms with E-state index < -0.39 is 5.97 Å². The van der Waals surface area contributed by atoms with Gasteiger partial charge in [-0.1, -0.05) is 0 Å². The minimum Gasteiger partial charge on any atom is -0.481 e. The van der Waals surface area contributed by atoms with Crippen molar-refractivity contribution in [1.82, 2.24) is 5.32 Å². The molecule has 16 heavy (non-hydrogen) atoms. The van der Waals surface area contributed by atoms with Crippen molar-refractivity contribution in [3.63, 3.8) is 0 Å². The molecule has 0 radical (unpaired) electrons. The quantitative estimate of drug-likeness (QED) is 0.765. The van der Waals surface area contributed by atoms with Crippen molar-refractivity contribution < 1.29 is 14.6 Å². The topological polar surface area (TPSA) is 58.6 Å². The third kappa shape index (κ3) is 3.19. The van der Waals surface area contributed by atoms with Crippen molar-refractivity contribution in [1.29, 1.82) is 0 Å². The summed E-state index contributed by atoms with van der Waals surface area (Å²) in [5.41, 5.74) is 0. The van der Waals surface area contributed by atoms with E-state index in [1.807, 2.05) is 0 Å². The molecule has 0 bridgehead atoms. The minimum atomic E-state index is -0.621. The molecular formula is C12H21NO3. The van der Waals surface area contributed by atoms with Crippen LogP contribution in [0.2, 0.25) is 0 Å². The van der Waals surface area contributed by atoms with Gasteiger partial charge < -0.3 is 15.2 Å². The standard InChI is InChI=1S/C12H21NO3/c14-12(15)9-1-3-10(4-2-9)13-11-5-7-16-8-6-11/h9-11,13H,1-8H2,(H,14,15). The van der Waals surface area contributed by atoms with E-state index in [1.165, 1.54) is 0 Å². The van der Waals surface area contributed by atoms with Crippen LogP contribution in [0.15, 0.2) is 0 Å². The molecule has 1 heterocycles. The van der Waals surface area contributed by atoms with Crippen LogP contribution in [0.5, 0.6) is 0 Å². The van der Waals surface area contributed by atoms with E-state index in [-0.39, 0.29) is 5.92 Å². The second-order valence-corrected chi connectivity index (χ2v) is 4.94. The Kier molecular flexibility index (Phi) is 4.18. The van der Waals surface area contributed by atoms with Gasteiger partial charge in [0, 0.05) is 25.3 Å². The van der Waals surface area contributed by atoms with Crippen molar-refractivity contribution in [2.45, 2.75) is 50.6 Å². The van der Waals surface area contributed by atoms with Gasteiger partial charge in [-0.15, -0.1) is 0 Å². The van der Waals surface area contributed by atoms with E-state index >= 15 is 0 Å². The maximum atomic E-state index is 10.8. The van der Waals surface area contributed by atoms with Gasteiger partial charge >= 0.3 is 5.97 Å². The zero-order valence-corrected chi connectivity index (χ0v) is 9.65. The Morgan fingerprint density at radius 3 is 2.12 bits per heavy atom. The Bertz CT molecular complexity index is 230. The van der Waals surface area contributed by atoms with Crippen LogP contribution in [0.3, 0.4) is 0 Å². The number of hydrogen-bond acceptors (Lipinski definition) is 3. The Hall–Kier alpha value is -0.610. The third-order valence-corrected chi connectivity index (χ3v) is 3.77. The number of carbonyl (C=O) groups is 1. The summed E-state index contributed by atoms with van der Waals surface area (Å²) in [5.74, 6) is -0.725. The number of aliphatic carboxylic acids is 1. The van der Waals surface area contributed by atoms with Gasteiger partial charge in [0.05, 0.1) is 5.92 Å². The average Bonchev–Trinajstić information content (AvgIpc) is 2.31. The lowest BCUT2D eigenvalue weighted by Crippen LogP contribution is -2.43. The summed E-state index contributed by atoms with van der Waals surface area (Å²) in [7, 11) is 0. The van der Waals surface area contributed by atoms with E-state index in [1.54, 1.807) is 0 Å². The maximum absolute atomic E-state index is 10.8. The smallest absolute Gasteiger partial charge is 0.306 e. The molecule has 1 saturated heterocycles. The second kappa shape index (κ2) is 5.64. The zero-order chi connectivity index (χ0) is 11.4. The van der Waals surface area contributed by atoms with Gasteiger partial charge in [-0.05, 0) is 38.5 Å². The summed E-state index contributed by atoms with van der Waals surface area (Å²) in [6.07, 6.45) is 5.87. The van der Waals surface area contributed by atoms with Gasteiger partial charge in [-0.3, -0.25) is 4.79 Å². The molecule has 0 spiro atoms. The normalized spacial score (nSPS) is 32.5. The summed E-state index contributed by atoms with van der Waals surface area (Å²) in [6, 6.07) is 1.11. The fourth-order valence-electron chi connectivity index (χ4n) is 2.70. The highest BCUT2D eigenvalue weighted by Gasteiger charge is 2.27. The van der Waals surface area contributed by atoms with Crippen LogP contribution in [0, 0.1) is 5.92 Å². The Morgan fingerprint density at radius 1 is 1.00 bits per heavy atom. The summed E-state index contributed by atoms with van der Waals surface area (Å²) in [4.78, 5) is 10.8. The predicted octanol–water partition coefficient (Wildman–Crippen LogP) is 1.40. The Labute approximate surface area is 96.4 Å². The molecular weight excluding hydrogens is 206 g/mol. The summed E-state index contributed by atoms with van der Waals surface area (Å²) in [6.45, 7) is 1.73. The van der Waals surface area contributed by atoms with Gasteiger partial charge in [-0.2, -0.15) is 0 Å². The van der Waals surface area contributed by atoms with E-state index in [0.29, 0.717) is 12.1 Å². The lowest BCUT2D eigenvalue weighted by atomic mass is 9.85. The molecule has 0 aromatic carbocycles. The van der Waals surface area contributed by atoms with Gasteiger partial charge in [0.1, 0.15) is 0 Å². The summed E-state index contributed by atoms with van der Waals surface area (Å²) >= 11 is 0.